The quantitative estimate of drug-likeness (QED) is 0.882. The zero-order valence-electron chi connectivity index (χ0n) is 12.4. The summed E-state index contributed by atoms with van der Waals surface area (Å²) in [6, 6.07) is 4.71. The largest absolute Gasteiger partial charge is 0.353 e. The summed E-state index contributed by atoms with van der Waals surface area (Å²) in [6.45, 7) is 6.69. The van der Waals surface area contributed by atoms with Gasteiger partial charge in [0.1, 0.15) is 6.04 Å². The van der Waals surface area contributed by atoms with E-state index in [-0.39, 0.29) is 17.9 Å². The molecule has 1 saturated heterocycles. The molecule has 0 aromatic heterocycles. The number of rotatable bonds is 2. The molecule has 114 valence electrons. The van der Waals surface area contributed by atoms with Crippen molar-refractivity contribution in [3.63, 3.8) is 0 Å². The first kappa shape index (κ1) is 15.6. The summed E-state index contributed by atoms with van der Waals surface area (Å²) in [7, 11) is 0. The Kier molecular flexibility index (Phi) is 4.73. The molecule has 0 unspecified atom stereocenters. The molecular formula is C15H20ClN3O2. The highest BCUT2D eigenvalue weighted by atomic mass is 35.5. The molecule has 1 aliphatic rings. The molecule has 0 radical (unpaired) electrons. The molecule has 0 spiro atoms. The van der Waals surface area contributed by atoms with Crippen molar-refractivity contribution in [2.24, 2.45) is 5.92 Å². The number of aryl methyl sites for hydroxylation is 1. The second kappa shape index (κ2) is 6.35. The van der Waals surface area contributed by atoms with E-state index in [9.17, 15) is 9.59 Å². The summed E-state index contributed by atoms with van der Waals surface area (Å²) in [5, 5.41) is 6.12. The lowest BCUT2D eigenvalue weighted by atomic mass is 10.00. The smallest absolute Gasteiger partial charge is 0.322 e. The van der Waals surface area contributed by atoms with Gasteiger partial charge in [0.05, 0.1) is 10.7 Å². The maximum atomic E-state index is 12.5. The lowest BCUT2D eigenvalue weighted by Gasteiger charge is -2.37. The summed E-state index contributed by atoms with van der Waals surface area (Å²) in [4.78, 5) is 26.0. The normalized spacial score (nSPS) is 18.6. The van der Waals surface area contributed by atoms with Crippen molar-refractivity contribution in [1.82, 2.24) is 10.2 Å². The Balaban J connectivity index is 2.18. The summed E-state index contributed by atoms with van der Waals surface area (Å²) in [5.74, 6) is -0.0641. The van der Waals surface area contributed by atoms with Crippen LogP contribution in [0.25, 0.3) is 0 Å². The Hall–Kier alpha value is -1.75. The first-order valence-corrected chi connectivity index (χ1v) is 7.40. The number of carbonyl (C=O) groups excluding carboxylic acids is 2. The SMILES string of the molecule is Cc1cccc(NC(=O)N2CCNC(=O)[C@@H]2C(C)C)c1Cl. The van der Waals surface area contributed by atoms with Crippen LogP contribution >= 0.6 is 11.6 Å². The first-order valence-electron chi connectivity index (χ1n) is 7.02. The van der Waals surface area contributed by atoms with E-state index in [2.05, 4.69) is 10.6 Å². The second-order valence-electron chi connectivity index (χ2n) is 5.54. The van der Waals surface area contributed by atoms with Gasteiger partial charge in [0, 0.05) is 13.1 Å². The molecule has 21 heavy (non-hydrogen) atoms. The number of carbonyl (C=O) groups is 2. The van der Waals surface area contributed by atoms with Crippen LogP contribution in [0.15, 0.2) is 18.2 Å². The third-order valence-electron chi connectivity index (χ3n) is 3.58. The van der Waals surface area contributed by atoms with E-state index in [0.29, 0.717) is 23.8 Å². The van der Waals surface area contributed by atoms with Crippen LogP contribution in [-0.2, 0) is 4.79 Å². The number of nitrogens with one attached hydrogen (secondary N) is 2. The fraction of sp³-hybridized carbons (Fsp3) is 0.467. The van der Waals surface area contributed by atoms with Crippen LogP contribution in [0.4, 0.5) is 10.5 Å². The van der Waals surface area contributed by atoms with Crippen LogP contribution in [0.3, 0.4) is 0 Å². The van der Waals surface area contributed by atoms with Crippen molar-refractivity contribution in [1.29, 1.82) is 0 Å². The minimum absolute atomic E-state index is 0.0454. The number of hydrogen-bond acceptors (Lipinski definition) is 2. The van der Waals surface area contributed by atoms with E-state index in [0.717, 1.165) is 5.56 Å². The zero-order valence-corrected chi connectivity index (χ0v) is 13.2. The number of urea groups is 1. The number of nitrogens with zero attached hydrogens (tertiary/aromatic N) is 1. The molecule has 1 aromatic rings. The molecule has 2 N–H and O–H groups in total. The Morgan fingerprint density at radius 3 is 2.86 bits per heavy atom. The Morgan fingerprint density at radius 2 is 2.19 bits per heavy atom. The van der Waals surface area contributed by atoms with E-state index in [1.165, 1.54) is 0 Å². The zero-order chi connectivity index (χ0) is 15.6. The number of piperazine rings is 1. The molecule has 1 fully saturated rings. The maximum absolute atomic E-state index is 12.5. The lowest BCUT2D eigenvalue weighted by Crippen LogP contribution is -2.60. The number of hydrogen-bond donors (Lipinski definition) is 2. The van der Waals surface area contributed by atoms with Gasteiger partial charge in [-0.3, -0.25) is 4.79 Å². The van der Waals surface area contributed by atoms with Gasteiger partial charge in [-0.15, -0.1) is 0 Å². The predicted molar refractivity (Wildman–Crippen MR) is 83.5 cm³/mol. The van der Waals surface area contributed by atoms with Crippen LogP contribution in [0.5, 0.6) is 0 Å². The van der Waals surface area contributed by atoms with Crippen molar-refractivity contribution in [2.45, 2.75) is 26.8 Å². The minimum atomic E-state index is -0.456. The fourth-order valence-corrected chi connectivity index (χ4v) is 2.68. The van der Waals surface area contributed by atoms with Gasteiger partial charge in [-0.2, -0.15) is 0 Å². The fourth-order valence-electron chi connectivity index (χ4n) is 2.51. The number of anilines is 1. The Bertz CT molecular complexity index is 560. The first-order chi connectivity index (χ1) is 9.91. The molecule has 6 heteroatoms. The van der Waals surface area contributed by atoms with Crippen molar-refractivity contribution in [2.75, 3.05) is 18.4 Å². The highest BCUT2D eigenvalue weighted by Crippen LogP contribution is 2.26. The van der Waals surface area contributed by atoms with Crippen LogP contribution in [0, 0.1) is 12.8 Å². The van der Waals surface area contributed by atoms with Gasteiger partial charge in [0.2, 0.25) is 5.91 Å². The third-order valence-corrected chi connectivity index (χ3v) is 4.08. The molecule has 0 aliphatic carbocycles. The molecular weight excluding hydrogens is 290 g/mol. The monoisotopic (exact) mass is 309 g/mol. The standard InChI is InChI=1S/C15H20ClN3O2/c1-9(2)13-14(20)17-7-8-19(13)15(21)18-11-6-4-5-10(3)12(11)16/h4-6,9,13H,7-8H2,1-3H3,(H,17,20)(H,18,21)/t13-/m0/s1. The van der Waals surface area contributed by atoms with E-state index in [4.69, 9.17) is 11.6 Å². The number of amides is 3. The van der Waals surface area contributed by atoms with E-state index >= 15 is 0 Å². The number of benzene rings is 1. The van der Waals surface area contributed by atoms with Crippen molar-refractivity contribution < 1.29 is 9.59 Å². The molecule has 1 aromatic carbocycles. The predicted octanol–water partition coefficient (Wildman–Crippen LogP) is 2.64. The van der Waals surface area contributed by atoms with Crippen molar-refractivity contribution in [3.05, 3.63) is 28.8 Å². The van der Waals surface area contributed by atoms with Gasteiger partial charge < -0.3 is 15.5 Å². The Labute approximate surface area is 129 Å². The summed E-state index contributed by atoms with van der Waals surface area (Å²) < 4.78 is 0. The minimum Gasteiger partial charge on any atom is -0.353 e. The molecule has 5 nitrogen and oxygen atoms in total. The average molecular weight is 310 g/mol. The van der Waals surface area contributed by atoms with Gasteiger partial charge in [-0.25, -0.2) is 4.79 Å². The average Bonchev–Trinajstić information content (AvgIpc) is 2.43. The highest BCUT2D eigenvalue weighted by Gasteiger charge is 2.35. The van der Waals surface area contributed by atoms with Crippen molar-refractivity contribution in [3.8, 4) is 0 Å². The van der Waals surface area contributed by atoms with Gasteiger partial charge >= 0.3 is 6.03 Å². The third kappa shape index (κ3) is 3.29. The van der Waals surface area contributed by atoms with Crippen LogP contribution in [0.1, 0.15) is 19.4 Å². The molecule has 2 rings (SSSR count). The van der Waals surface area contributed by atoms with E-state index in [1.807, 2.05) is 32.9 Å². The molecule has 0 saturated carbocycles. The van der Waals surface area contributed by atoms with Gasteiger partial charge in [-0.1, -0.05) is 37.6 Å². The summed E-state index contributed by atoms with van der Waals surface area (Å²) >= 11 is 6.19. The maximum Gasteiger partial charge on any atom is 0.322 e. The van der Waals surface area contributed by atoms with E-state index < -0.39 is 6.04 Å². The highest BCUT2D eigenvalue weighted by molar-refractivity contribution is 6.34. The van der Waals surface area contributed by atoms with Crippen LogP contribution in [-0.4, -0.2) is 36.0 Å². The van der Waals surface area contributed by atoms with Gasteiger partial charge in [-0.05, 0) is 24.5 Å². The van der Waals surface area contributed by atoms with Gasteiger partial charge in [0.15, 0.2) is 0 Å². The second-order valence-corrected chi connectivity index (χ2v) is 5.92. The molecule has 3 amide bonds. The summed E-state index contributed by atoms with van der Waals surface area (Å²) in [5.41, 5.74) is 1.46. The summed E-state index contributed by atoms with van der Waals surface area (Å²) in [6.07, 6.45) is 0. The molecule has 0 bridgehead atoms. The Morgan fingerprint density at radius 1 is 1.48 bits per heavy atom. The van der Waals surface area contributed by atoms with Crippen LogP contribution in [0.2, 0.25) is 5.02 Å². The van der Waals surface area contributed by atoms with Crippen LogP contribution < -0.4 is 10.6 Å². The van der Waals surface area contributed by atoms with E-state index in [1.54, 1.807) is 11.0 Å². The molecule has 1 aliphatic heterocycles. The topological polar surface area (TPSA) is 61.4 Å². The van der Waals surface area contributed by atoms with Gasteiger partial charge in [0.25, 0.3) is 0 Å². The van der Waals surface area contributed by atoms with Crippen molar-refractivity contribution >= 4 is 29.2 Å². The molecule has 1 heterocycles. The molecule has 1 atom stereocenters. The number of halogens is 1. The lowest BCUT2D eigenvalue weighted by molar-refractivity contribution is -0.129.